The average molecular weight is 581 g/mol. The average Bonchev–Trinajstić information content (AvgIpc) is 3.00. The molecule has 0 amide bonds. The largest absolute Gasteiger partial charge is 0.493 e. The second kappa shape index (κ2) is 13.2. The third-order valence-electron chi connectivity index (χ3n) is 6.83. The van der Waals surface area contributed by atoms with Crippen molar-refractivity contribution in [3.8, 4) is 29.1 Å². The molecule has 0 aromatic heterocycles. The lowest BCUT2D eigenvalue weighted by Crippen LogP contribution is -2.21. The van der Waals surface area contributed by atoms with Crippen molar-refractivity contribution in [3.63, 3.8) is 0 Å². The molecule has 0 fully saturated rings. The molecule has 1 atom stereocenters. The Bertz CT molecular complexity index is 1660. The number of rotatable bonds is 10. The standard InChI is InChI=1S/C34H29ClN2O5/c1-2-3-18-39-30-11-7-5-9-27(30)34(38)41-25-16-17-26-31(19-25)42-33(37)28(20-36)32(26)22-12-14-24(15-13-22)40-21-23-8-4-6-10-29(23)35/h4-17,19,32H,2-3,18,21,37H2,1H3. The summed E-state index contributed by atoms with van der Waals surface area (Å²) in [5.41, 5.74) is 9.22. The van der Waals surface area contributed by atoms with E-state index in [1.807, 2.05) is 54.6 Å². The van der Waals surface area contributed by atoms with Gasteiger partial charge in [0.2, 0.25) is 5.88 Å². The lowest BCUT2D eigenvalue weighted by Gasteiger charge is -2.27. The van der Waals surface area contributed by atoms with E-state index in [1.165, 1.54) is 0 Å². The van der Waals surface area contributed by atoms with E-state index in [0.29, 0.717) is 46.6 Å². The molecule has 7 nitrogen and oxygen atoms in total. The molecule has 5 rings (SSSR count). The molecule has 212 valence electrons. The van der Waals surface area contributed by atoms with E-state index < -0.39 is 11.9 Å². The van der Waals surface area contributed by atoms with Crippen molar-refractivity contribution in [2.24, 2.45) is 5.73 Å². The van der Waals surface area contributed by atoms with Gasteiger partial charge in [-0.05, 0) is 48.4 Å². The fourth-order valence-corrected chi connectivity index (χ4v) is 4.82. The minimum atomic E-state index is -0.553. The number of benzene rings is 4. The molecule has 1 unspecified atom stereocenters. The zero-order chi connectivity index (χ0) is 29.5. The van der Waals surface area contributed by atoms with Crippen LogP contribution >= 0.6 is 11.6 Å². The smallest absolute Gasteiger partial charge is 0.347 e. The number of allylic oxidation sites excluding steroid dienone is 1. The van der Waals surface area contributed by atoms with Crippen molar-refractivity contribution in [3.05, 3.63) is 130 Å². The second-order valence-corrected chi connectivity index (χ2v) is 10.1. The van der Waals surface area contributed by atoms with Gasteiger partial charge in [0, 0.05) is 22.2 Å². The molecule has 0 bridgehead atoms. The van der Waals surface area contributed by atoms with Gasteiger partial charge in [-0.3, -0.25) is 0 Å². The molecule has 0 aliphatic carbocycles. The molecule has 8 heteroatoms. The van der Waals surface area contributed by atoms with Gasteiger partial charge < -0.3 is 24.7 Å². The summed E-state index contributed by atoms with van der Waals surface area (Å²) in [4.78, 5) is 13.0. The Labute approximate surface area is 249 Å². The fourth-order valence-electron chi connectivity index (χ4n) is 4.62. The summed E-state index contributed by atoms with van der Waals surface area (Å²) in [6.45, 7) is 2.91. The highest BCUT2D eigenvalue weighted by Crippen LogP contribution is 2.43. The third kappa shape index (κ3) is 6.35. The van der Waals surface area contributed by atoms with Gasteiger partial charge in [0.1, 0.15) is 46.8 Å². The summed E-state index contributed by atoms with van der Waals surface area (Å²) in [6.07, 6.45) is 1.86. The van der Waals surface area contributed by atoms with Gasteiger partial charge in [0.05, 0.1) is 12.5 Å². The summed E-state index contributed by atoms with van der Waals surface area (Å²) in [7, 11) is 0. The topological polar surface area (TPSA) is 104 Å². The van der Waals surface area contributed by atoms with Gasteiger partial charge >= 0.3 is 5.97 Å². The predicted molar refractivity (Wildman–Crippen MR) is 160 cm³/mol. The van der Waals surface area contributed by atoms with Crippen LogP contribution in [0.15, 0.2) is 102 Å². The number of unbranched alkanes of at least 4 members (excludes halogenated alkanes) is 1. The molecule has 2 N–H and O–H groups in total. The van der Waals surface area contributed by atoms with Crippen molar-refractivity contribution in [1.82, 2.24) is 0 Å². The summed E-state index contributed by atoms with van der Waals surface area (Å²) in [6, 6.07) is 29.2. The number of nitriles is 1. The first-order valence-electron chi connectivity index (χ1n) is 13.6. The number of para-hydroxylation sites is 1. The Hall–Kier alpha value is -4.93. The molecule has 42 heavy (non-hydrogen) atoms. The van der Waals surface area contributed by atoms with E-state index in [9.17, 15) is 10.1 Å². The van der Waals surface area contributed by atoms with Crippen molar-refractivity contribution >= 4 is 17.6 Å². The van der Waals surface area contributed by atoms with Crippen LogP contribution in [0, 0.1) is 11.3 Å². The first-order valence-corrected chi connectivity index (χ1v) is 14.0. The van der Waals surface area contributed by atoms with E-state index in [0.717, 1.165) is 24.0 Å². The van der Waals surface area contributed by atoms with Gasteiger partial charge in [0.25, 0.3) is 0 Å². The van der Waals surface area contributed by atoms with Crippen LogP contribution in [-0.4, -0.2) is 12.6 Å². The van der Waals surface area contributed by atoms with Crippen molar-refractivity contribution in [1.29, 1.82) is 5.26 Å². The molecule has 0 spiro atoms. The van der Waals surface area contributed by atoms with E-state index in [-0.39, 0.29) is 17.2 Å². The highest BCUT2D eigenvalue weighted by atomic mass is 35.5. The highest BCUT2D eigenvalue weighted by molar-refractivity contribution is 6.31. The number of halogens is 1. The molecular formula is C34H29ClN2O5. The number of carbonyl (C=O) groups is 1. The first-order chi connectivity index (χ1) is 20.5. The van der Waals surface area contributed by atoms with Gasteiger partial charge in [-0.2, -0.15) is 5.26 Å². The van der Waals surface area contributed by atoms with Gasteiger partial charge in [0.15, 0.2) is 0 Å². The Kier molecular flexibility index (Phi) is 8.96. The lowest BCUT2D eigenvalue weighted by atomic mass is 9.83. The number of fused-ring (bicyclic) bond motifs is 1. The van der Waals surface area contributed by atoms with Gasteiger partial charge in [-0.1, -0.05) is 73.5 Å². The van der Waals surface area contributed by atoms with E-state index in [1.54, 1.807) is 36.4 Å². The molecule has 4 aromatic rings. The quantitative estimate of drug-likeness (QED) is 0.117. The SMILES string of the molecule is CCCCOc1ccccc1C(=O)Oc1ccc2c(c1)OC(N)=C(C#N)C2c1ccc(OCc2ccccc2Cl)cc1. The van der Waals surface area contributed by atoms with E-state index in [2.05, 4.69) is 13.0 Å². The minimum absolute atomic E-state index is 0.00723. The van der Waals surface area contributed by atoms with Crippen LogP contribution in [-0.2, 0) is 6.61 Å². The second-order valence-electron chi connectivity index (χ2n) is 9.66. The van der Waals surface area contributed by atoms with Crippen LogP contribution in [0.2, 0.25) is 5.02 Å². The molecule has 0 saturated heterocycles. The number of nitrogens with two attached hydrogens (primary N) is 1. The minimum Gasteiger partial charge on any atom is -0.493 e. The Morgan fingerprint density at radius 2 is 1.71 bits per heavy atom. The lowest BCUT2D eigenvalue weighted by molar-refractivity contribution is 0.0730. The highest BCUT2D eigenvalue weighted by Gasteiger charge is 2.31. The van der Waals surface area contributed by atoms with Crippen molar-refractivity contribution < 1.29 is 23.7 Å². The maximum Gasteiger partial charge on any atom is 0.347 e. The summed E-state index contributed by atoms with van der Waals surface area (Å²) >= 11 is 6.24. The molecule has 4 aromatic carbocycles. The van der Waals surface area contributed by atoms with E-state index >= 15 is 0 Å². The maximum absolute atomic E-state index is 13.0. The Morgan fingerprint density at radius 3 is 2.48 bits per heavy atom. The number of ether oxygens (including phenoxy) is 4. The normalized spacial score (nSPS) is 13.9. The Morgan fingerprint density at radius 1 is 0.976 bits per heavy atom. The van der Waals surface area contributed by atoms with Gasteiger partial charge in [-0.15, -0.1) is 0 Å². The zero-order valence-electron chi connectivity index (χ0n) is 23.0. The molecule has 1 aliphatic heterocycles. The van der Waals surface area contributed by atoms with Crippen LogP contribution in [0.25, 0.3) is 0 Å². The van der Waals surface area contributed by atoms with Crippen LogP contribution in [0.5, 0.6) is 23.0 Å². The van der Waals surface area contributed by atoms with E-state index in [4.69, 9.17) is 36.3 Å². The number of hydrogen-bond donors (Lipinski definition) is 1. The van der Waals surface area contributed by atoms with Gasteiger partial charge in [-0.25, -0.2) is 4.79 Å². The van der Waals surface area contributed by atoms with Crippen LogP contribution in [0.4, 0.5) is 0 Å². The van der Waals surface area contributed by atoms with Crippen LogP contribution in [0.3, 0.4) is 0 Å². The Balaban J connectivity index is 1.35. The van der Waals surface area contributed by atoms with Crippen molar-refractivity contribution in [2.45, 2.75) is 32.3 Å². The molecule has 1 aliphatic rings. The zero-order valence-corrected chi connectivity index (χ0v) is 23.8. The maximum atomic E-state index is 13.0. The first kappa shape index (κ1) is 28.6. The summed E-state index contributed by atoms with van der Waals surface area (Å²) in [5, 5.41) is 10.6. The number of nitrogens with zero attached hydrogens (tertiary/aromatic N) is 1. The number of esters is 1. The monoisotopic (exact) mass is 580 g/mol. The summed E-state index contributed by atoms with van der Waals surface area (Å²) < 4.78 is 23.2. The predicted octanol–water partition coefficient (Wildman–Crippen LogP) is 7.54. The third-order valence-corrected chi connectivity index (χ3v) is 7.20. The molecule has 0 radical (unpaired) electrons. The van der Waals surface area contributed by atoms with Crippen LogP contribution in [0.1, 0.15) is 52.7 Å². The molecule has 1 heterocycles. The van der Waals surface area contributed by atoms with Crippen molar-refractivity contribution in [2.75, 3.05) is 6.61 Å². The fraction of sp³-hybridized carbons (Fsp3) is 0.176. The molecule has 0 saturated carbocycles. The number of carbonyl (C=O) groups excluding carboxylic acids is 1. The molecular weight excluding hydrogens is 552 g/mol. The van der Waals surface area contributed by atoms with Crippen LogP contribution < -0.4 is 24.7 Å². The number of hydrogen-bond acceptors (Lipinski definition) is 7. The summed E-state index contributed by atoms with van der Waals surface area (Å²) in [5.74, 6) is 0.757.